The highest BCUT2D eigenvalue weighted by molar-refractivity contribution is 5.33. The lowest BCUT2D eigenvalue weighted by molar-refractivity contribution is 0.399. The van der Waals surface area contributed by atoms with Crippen molar-refractivity contribution in [2.75, 3.05) is 0 Å². The predicted molar refractivity (Wildman–Crippen MR) is 55.1 cm³/mol. The summed E-state index contributed by atoms with van der Waals surface area (Å²) in [5, 5.41) is 0. The van der Waals surface area contributed by atoms with E-state index in [2.05, 4.69) is 46.8 Å². The molecule has 1 aliphatic carbocycles. The lowest BCUT2D eigenvalue weighted by Crippen LogP contribution is -2.21. The summed E-state index contributed by atoms with van der Waals surface area (Å²) in [7, 11) is 0. The normalized spacial score (nSPS) is 22.2. The molecule has 0 aliphatic heterocycles. The van der Waals surface area contributed by atoms with Gasteiger partial charge in [-0.15, -0.1) is 0 Å². The zero-order valence-electron chi connectivity index (χ0n) is 8.94. The molecule has 0 nitrogen and oxygen atoms in total. The first-order valence-corrected chi connectivity index (χ1v) is 4.83. The number of hydrogen-bond donors (Lipinski definition) is 0. The molecule has 0 heterocycles. The van der Waals surface area contributed by atoms with Crippen molar-refractivity contribution in [2.24, 2.45) is 11.3 Å². The van der Waals surface area contributed by atoms with Gasteiger partial charge in [0.1, 0.15) is 0 Å². The molecule has 0 heteroatoms. The monoisotopic (exact) mass is 164 g/mol. The molecule has 12 heavy (non-hydrogen) atoms. The van der Waals surface area contributed by atoms with Gasteiger partial charge in [0.15, 0.2) is 0 Å². The van der Waals surface area contributed by atoms with Gasteiger partial charge < -0.3 is 0 Å². The minimum absolute atomic E-state index is 0.382. The Hall–Kier alpha value is -0.520. The van der Waals surface area contributed by atoms with Gasteiger partial charge in [0.05, 0.1) is 0 Å². The van der Waals surface area contributed by atoms with Crippen molar-refractivity contribution in [3.63, 3.8) is 0 Å². The Morgan fingerprint density at radius 2 is 1.92 bits per heavy atom. The first-order chi connectivity index (χ1) is 5.45. The molecule has 0 spiro atoms. The van der Waals surface area contributed by atoms with Crippen molar-refractivity contribution < 1.29 is 0 Å². The summed E-state index contributed by atoms with van der Waals surface area (Å²) in [6.07, 6.45) is 5.75. The molecule has 0 aromatic carbocycles. The van der Waals surface area contributed by atoms with Crippen LogP contribution in [-0.4, -0.2) is 0 Å². The van der Waals surface area contributed by atoms with Crippen LogP contribution in [0, 0.1) is 11.3 Å². The fraction of sp³-hybridized carbons (Fsp3) is 0.667. The quantitative estimate of drug-likeness (QED) is 0.550. The Kier molecular flexibility index (Phi) is 2.46. The zero-order valence-corrected chi connectivity index (χ0v) is 8.94. The Bertz CT molecular complexity index is 226. The van der Waals surface area contributed by atoms with E-state index in [1.807, 2.05) is 0 Å². The molecule has 0 radical (unpaired) electrons. The minimum Gasteiger partial charge on any atom is -0.0834 e. The van der Waals surface area contributed by atoms with E-state index in [1.165, 1.54) is 12.0 Å². The van der Waals surface area contributed by atoms with Crippen LogP contribution in [0.15, 0.2) is 23.3 Å². The molecular weight excluding hydrogens is 144 g/mol. The van der Waals surface area contributed by atoms with Crippen LogP contribution in [0.4, 0.5) is 0 Å². The molecule has 0 bridgehead atoms. The lowest BCUT2D eigenvalue weighted by Gasteiger charge is -2.34. The zero-order chi connectivity index (χ0) is 9.35. The second-order valence-electron chi connectivity index (χ2n) is 4.74. The first-order valence-electron chi connectivity index (χ1n) is 4.83. The van der Waals surface area contributed by atoms with Crippen molar-refractivity contribution in [3.8, 4) is 0 Å². The molecular formula is C12H20. The molecule has 0 aromatic heterocycles. The van der Waals surface area contributed by atoms with Crippen molar-refractivity contribution in [1.82, 2.24) is 0 Å². The van der Waals surface area contributed by atoms with Gasteiger partial charge in [0.25, 0.3) is 0 Å². The Morgan fingerprint density at radius 3 is 2.25 bits per heavy atom. The number of rotatable bonds is 1. The van der Waals surface area contributed by atoms with Crippen LogP contribution < -0.4 is 0 Å². The summed E-state index contributed by atoms with van der Waals surface area (Å²) >= 11 is 0. The highest BCUT2D eigenvalue weighted by Gasteiger charge is 2.27. The summed E-state index contributed by atoms with van der Waals surface area (Å²) in [6, 6.07) is 0. The average Bonchev–Trinajstić information content (AvgIpc) is 1.82. The summed E-state index contributed by atoms with van der Waals surface area (Å²) < 4.78 is 0. The number of hydrogen-bond acceptors (Lipinski definition) is 0. The van der Waals surface area contributed by atoms with E-state index in [0.29, 0.717) is 11.3 Å². The van der Waals surface area contributed by atoms with Gasteiger partial charge in [-0.2, -0.15) is 0 Å². The Labute approximate surface area is 76.4 Å². The lowest BCUT2D eigenvalue weighted by atomic mass is 9.71. The largest absolute Gasteiger partial charge is 0.0834 e. The molecule has 0 amide bonds. The van der Waals surface area contributed by atoms with E-state index < -0.39 is 0 Å². The van der Waals surface area contributed by atoms with Crippen LogP contribution in [0.2, 0.25) is 0 Å². The van der Waals surface area contributed by atoms with Crippen LogP contribution in [-0.2, 0) is 0 Å². The first kappa shape index (κ1) is 9.57. The van der Waals surface area contributed by atoms with Gasteiger partial charge >= 0.3 is 0 Å². The Balaban J connectivity index is 3.08. The maximum Gasteiger partial charge on any atom is -0.0102 e. The van der Waals surface area contributed by atoms with Gasteiger partial charge in [-0.05, 0) is 24.7 Å². The van der Waals surface area contributed by atoms with Gasteiger partial charge in [0, 0.05) is 0 Å². The fourth-order valence-corrected chi connectivity index (χ4v) is 2.50. The second kappa shape index (κ2) is 3.08. The van der Waals surface area contributed by atoms with Gasteiger partial charge in [0.2, 0.25) is 0 Å². The predicted octanol–water partition coefficient (Wildman–Crippen LogP) is 3.95. The van der Waals surface area contributed by atoms with Crippen LogP contribution >= 0.6 is 0 Å². The third-order valence-corrected chi connectivity index (χ3v) is 2.73. The maximum atomic E-state index is 2.34. The molecule has 0 unspecified atom stereocenters. The highest BCUT2D eigenvalue weighted by atomic mass is 14.3. The summed E-state index contributed by atoms with van der Waals surface area (Å²) in [5.41, 5.74) is 3.48. The smallest absolute Gasteiger partial charge is 0.0102 e. The van der Waals surface area contributed by atoms with E-state index in [-0.39, 0.29) is 0 Å². The Morgan fingerprint density at radius 1 is 1.33 bits per heavy atom. The van der Waals surface area contributed by atoms with Crippen molar-refractivity contribution in [3.05, 3.63) is 23.3 Å². The molecule has 0 aromatic rings. The third kappa shape index (κ3) is 1.63. The minimum atomic E-state index is 0.382. The topological polar surface area (TPSA) is 0 Å². The number of allylic oxidation sites excluding steroid dienone is 4. The summed E-state index contributed by atoms with van der Waals surface area (Å²) in [5.74, 6) is 0.685. The maximum absolute atomic E-state index is 2.34. The molecule has 1 aliphatic rings. The van der Waals surface area contributed by atoms with Crippen LogP contribution in [0.5, 0.6) is 0 Å². The van der Waals surface area contributed by atoms with E-state index >= 15 is 0 Å². The van der Waals surface area contributed by atoms with E-state index in [9.17, 15) is 0 Å². The van der Waals surface area contributed by atoms with Crippen molar-refractivity contribution in [2.45, 2.75) is 41.0 Å². The van der Waals surface area contributed by atoms with E-state index in [4.69, 9.17) is 0 Å². The SMILES string of the molecule is CC1=C(C(C)C)C(C)(C)CC=C1. The molecule has 0 fully saturated rings. The molecule has 0 saturated heterocycles. The van der Waals surface area contributed by atoms with E-state index in [0.717, 1.165) is 0 Å². The van der Waals surface area contributed by atoms with Crippen LogP contribution in [0.3, 0.4) is 0 Å². The standard InChI is InChI=1S/C12H20/c1-9(2)11-10(3)7-6-8-12(11,4)5/h6-7,9H,8H2,1-5H3. The van der Waals surface area contributed by atoms with Crippen molar-refractivity contribution in [1.29, 1.82) is 0 Å². The van der Waals surface area contributed by atoms with Crippen LogP contribution in [0.25, 0.3) is 0 Å². The van der Waals surface area contributed by atoms with Crippen LogP contribution in [0.1, 0.15) is 41.0 Å². The third-order valence-electron chi connectivity index (χ3n) is 2.73. The van der Waals surface area contributed by atoms with E-state index in [1.54, 1.807) is 5.57 Å². The van der Waals surface area contributed by atoms with Crippen molar-refractivity contribution >= 4 is 0 Å². The molecule has 68 valence electrons. The molecule has 1 rings (SSSR count). The second-order valence-corrected chi connectivity index (χ2v) is 4.74. The van der Waals surface area contributed by atoms with Gasteiger partial charge in [-0.25, -0.2) is 0 Å². The fourth-order valence-electron chi connectivity index (χ4n) is 2.50. The highest BCUT2D eigenvalue weighted by Crippen LogP contribution is 2.40. The summed E-state index contributed by atoms with van der Waals surface area (Å²) in [6.45, 7) is 11.5. The molecule has 0 N–H and O–H groups in total. The van der Waals surface area contributed by atoms with Gasteiger partial charge in [-0.3, -0.25) is 0 Å². The molecule has 0 saturated carbocycles. The summed E-state index contributed by atoms with van der Waals surface area (Å²) in [4.78, 5) is 0. The van der Waals surface area contributed by atoms with Gasteiger partial charge in [-0.1, -0.05) is 51.0 Å². The molecule has 0 atom stereocenters. The average molecular weight is 164 g/mol.